The number of amides is 1. The van der Waals surface area contributed by atoms with Crippen molar-refractivity contribution in [1.82, 2.24) is 4.98 Å². The van der Waals surface area contributed by atoms with E-state index >= 15 is 0 Å². The molecule has 28 heavy (non-hydrogen) atoms. The van der Waals surface area contributed by atoms with Crippen LogP contribution in [-0.4, -0.2) is 25.1 Å². The number of carbonyl (C=O) groups is 1. The van der Waals surface area contributed by atoms with Gasteiger partial charge in [0.05, 0.1) is 15.6 Å². The standard InChI is InChI=1S/C17H10Cl2F2N2O3S2/c18-10-3-6-12(13(19)7-10)14-8-27-17(22-14)23-15(24)9-1-4-11(5-2-9)28(25,26)16(20)21/h1-8,16H,(H,22,23,24). The first-order valence-corrected chi connectivity index (χ1v) is 10.7. The van der Waals surface area contributed by atoms with Crippen LogP contribution in [0.25, 0.3) is 11.3 Å². The van der Waals surface area contributed by atoms with Gasteiger partial charge in [-0.3, -0.25) is 10.1 Å². The fraction of sp³-hybridized carbons (Fsp3) is 0.0588. The van der Waals surface area contributed by atoms with Crippen LogP contribution in [0.4, 0.5) is 13.9 Å². The number of benzene rings is 2. The minimum atomic E-state index is -4.71. The van der Waals surface area contributed by atoms with Gasteiger partial charge in [-0.05, 0) is 42.5 Å². The first kappa shape index (κ1) is 20.7. The molecule has 0 spiro atoms. The number of hydrogen-bond acceptors (Lipinski definition) is 5. The number of nitrogens with zero attached hydrogens (tertiary/aromatic N) is 1. The summed E-state index contributed by atoms with van der Waals surface area (Å²) in [6, 6.07) is 9.15. The molecule has 0 saturated heterocycles. The van der Waals surface area contributed by atoms with Crippen molar-refractivity contribution >= 4 is 55.4 Å². The number of nitrogens with one attached hydrogen (secondary N) is 1. The van der Waals surface area contributed by atoms with Gasteiger partial charge >= 0.3 is 5.76 Å². The summed E-state index contributed by atoms with van der Waals surface area (Å²) in [6.45, 7) is 0. The summed E-state index contributed by atoms with van der Waals surface area (Å²) in [6.07, 6.45) is 0. The molecule has 5 nitrogen and oxygen atoms in total. The topological polar surface area (TPSA) is 76.1 Å². The van der Waals surface area contributed by atoms with Crippen LogP contribution >= 0.6 is 34.5 Å². The van der Waals surface area contributed by atoms with Crippen LogP contribution < -0.4 is 5.32 Å². The Morgan fingerprint density at radius 2 is 1.79 bits per heavy atom. The highest BCUT2D eigenvalue weighted by molar-refractivity contribution is 7.91. The van der Waals surface area contributed by atoms with Crippen LogP contribution in [0.3, 0.4) is 0 Å². The first-order valence-electron chi connectivity index (χ1n) is 7.53. The number of hydrogen-bond donors (Lipinski definition) is 1. The lowest BCUT2D eigenvalue weighted by atomic mass is 10.2. The molecule has 2 aromatic carbocycles. The van der Waals surface area contributed by atoms with E-state index in [0.29, 0.717) is 21.3 Å². The second kappa shape index (κ2) is 8.12. The summed E-state index contributed by atoms with van der Waals surface area (Å²) in [7, 11) is -4.71. The minimum Gasteiger partial charge on any atom is -0.298 e. The molecule has 0 fully saturated rings. The maximum Gasteiger partial charge on any atom is 0.341 e. The molecule has 1 heterocycles. The molecule has 0 bridgehead atoms. The Morgan fingerprint density at radius 1 is 1.11 bits per heavy atom. The van der Waals surface area contributed by atoms with Crippen LogP contribution in [0.5, 0.6) is 0 Å². The van der Waals surface area contributed by atoms with E-state index in [1.54, 1.807) is 23.6 Å². The van der Waals surface area contributed by atoms with Gasteiger partial charge in [0.15, 0.2) is 5.13 Å². The zero-order chi connectivity index (χ0) is 20.5. The van der Waals surface area contributed by atoms with Gasteiger partial charge in [-0.1, -0.05) is 23.2 Å². The van der Waals surface area contributed by atoms with Gasteiger partial charge in [-0.25, -0.2) is 13.4 Å². The van der Waals surface area contributed by atoms with E-state index in [2.05, 4.69) is 10.3 Å². The van der Waals surface area contributed by atoms with Gasteiger partial charge in [-0.2, -0.15) is 8.78 Å². The van der Waals surface area contributed by atoms with Crippen molar-refractivity contribution < 1.29 is 22.0 Å². The number of carbonyl (C=O) groups excluding carboxylic acids is 1. The second-order valence-corrected chi connectivity index (χ2v) is 9.07. The van der Waals surface area contributed by atoms with Crippen molar-refractivity contribution in [2.24, 2.45) is 0 Å². The molecule has 1 amide bonds. The predicted molar refractivity (Wildman–Crippen MR) is 105 cm³/mol. The average molecular weight is 463 g/mol. The molecule has 0 radical (unpaired) electrons. The monoisotopic (exact) mass is 462 g/mol. The number of alkyl halides is 2. The van der Waals surface area contributed by atoms with Gasteiger partial charge in [0.1, 0.15) is 0 Å². The Bertz CT molecular complexity index is 1130. The minimum absolute atomic E-state index is 0.0921. The second-order valence-electron chi connectivity index (χ2n) is 5.45. The lowest BCUT2D eigenvalue weighted by Gasteiger charge is -2.05. The molecule has 0 atom stereocenters. The zero-order valence-corrected chi connectivity index (χ0v) is 16.8. The third-order valence-electron chi connectivity index (χ3n) is 3.61. The molecule has 3 rings (SSSR count). The van der Waals surface area contributed by atoms with Gasteiger partial charge in [-0.15, -0.1) is 11.3 Å². The van der Waals surface area contributed by atoms with E-state index in [4.69, 9.17) is 23.2 Å². The number of thiazole rings is 1. The summed E-state index contributed by atoms with van der Waals surface area (Å²) < 4.78 is 47.9. The fourth-order valence-electron chi connectivity index (χ4n) is 2.22. The van der Waals surface area contributed by atoms with Crippen molar-refractivity contribution in [2.75, 3.05) is 5.32 Å². The summed E-state index contributed by atoms with van der Waals surface area (Å²) in [5.74, 6) is -4.09. The Balaban J connectivity index is 1.76. The molecular formula is C17H10Cl2F2N2O3S2. The lowest BCUT2D eigenvalue weighted by Crippen LogP contribution is -2.14. The van der Waals surface area contributed by atoms with Crippen molar-refractivity contribution in [3.63, 3.8) is 0 Å². The molecule has 0 unspecified atom stereocenters. The Morgan fingerprint density at radius 3 is 2.39 bits per heavy atom. The molecule has 1 N–H and O–H groups in total. The van der Waals surface area contributed by atoms with Crippen LogP contribution in [0.2, 0.25) is 10.0 Å². The Hall–Kier alpha value is -2.07. The van der Waals surface area contributed by atoms with Gasteiger partial charge < -0.3 is 0 Å². The van der Waals surface area contributed by atoms with E-state index in [-0.39, 0.29) is 10.7 Å². The molecule has 0 saturated carbocycles. The average Bonchev–Trinajstić information content (AvgIpc) is 3.09. The number of halogens is 4. The highest BCUT2D eigenvalue weighted by atomic mass is 35.5. The van der Waals surface area contributed by atoms with Gasteiger partial charge in [0.2, 0.25) is 9.84 Å². The van der Waals surface area contributed by atoms with E-state index in [1.165, 1.54) is 0 Å². The van der Waals surface area contributed by atoms with E-state index in [0.717, 1.165) is 35.6 Å². The number of aromatic nitrogens is 1. The highest BCUT2D eigenvalue weighted by Crippen LogP contribution is 2.32. The molecule has 0 aliphatic rings. The number of sulfone groups is 1. The maximum absolute atomic E-state index is 12.5. The van der Waals surface area contributed by atoms with Crippen molar-refractivity contribution in [3.05, 3.63) is 63.5 Å². The Kier molecular flexibility index (Phi) is 5.99. The molecule has 1 aromatic heterocycles. The molecular weight excluding hydrogens is 453 g/mol. The van der Waals surface area contributed by atoms with Gasteiger partial charge in [0, 0.05) is 21.5 Å². The van der Waals surface area contributed by atoms with Crippen molar-refractivity contribution in [3.8, 4) is 11.3 Å². The summed E-state index contributed by atoms with van der Waals surface area (Å²) in [5, 5.41) is 5.44. The van der Waals surface area contributed by atoms with Crippen LogP contribution in [0.1, 0.15) is 10.4 Å². The van der Waals surface area contributed by atoms with Crippen molar-refractivity contribution in [2.45, 2.75) is 10.7 Å². The normalized spacial score (nSPS) is 11.6. The lowest BCUT2D eigenvalue weighted by molar-refractivity contribution is 0.102. The van der Waals surface area contributed by atoms with Crippen molar-refractivity contribution in [1.29, 1.82) is 0 Å². The Labute approximate surface area is 172 Å². The quantitative estimate of drug-likeness (QED) is 0.553. The fourth-order valence-corrected chi connectivity index (χ4v) is 4.15. The van der Waals surface area contributed by atoms with Crippen LogP contribution in [0, 0.1) is 0 Å². The molecule has 11 heteroatoms. The van der Waals surface area contributed by atoms with E-state index in [1.807, 2.05) is 0 Å². The van der Waals surface area contributed by atoms with Gasteiger partial charge in [0.25, 0.3) is 5.91 Å². The first-order chi connectivity index (χ1) is 13.2. The summed E-state index contributed by atoms with van der Waals surface area (Å²) in [4.78, 5) is 16.0. The molecule has 0 aliphatic heterocycles. The van der Waals surface area contributed by atoms with Crippen LogP contribution in [-0.2, 0) is 9.84 Å². The van der Waals surface area contributed by atoms with E-state index in [9.17, 15) is 22.0 Å². The zero-order valence-electron chi connectivity index (χ0n) is 13.7. The third kappa shape index (κ3) is 4.33. The third-order valence-corrected chi connectivity index (χ3v) is 6.32. The SMILES string of the molecule is O=C(Nc1nc(-c2ccc(Cl)cc2Cl)cs1)c1ccc(S(=O)(=O)C(F)F)cc1. The highest BCUT2D eigenvalue weighted by Gasteiger charge is 2.26. The molecule has 146 valence electrons. The smallest absolute Gasteiger partial charge is 0.298 e. The number of anilines is 1. The summed E-state index contributed by atoms with van der Waals surface area (Å²) in [5.41, 5.74) is 1.28. The maximum atomic E-state index is 12.5. The van der Waals surface area contributed by atoms with E-state index < -0.39 is 26.4 Å². The predicted octanol–water partition coefficient (Wildman–Crippen LogP) is 5.37. The largest absolute Gasteiger partial charge is 0.341 e. The van der Waals surface area contributed by atoms with Crippen LogP contribution in [0.15, 0.2) is 52.7 Å². The molecule has 3 aromatic rings. The summed E-state index contributed by atoms with van der Waals surface area (Å²) >= 11 is 13.2. The molecule has 0 aliphatic carbocycles. The number of rotatable bonds is 5.